The van der Waals surface area contributed by atoms with E-state index in [2.05, 4.69) is 25.2 Å². The van der Waals surface area contributed by atoms with E-state index in [-0.39, 0.29) is 5.82 Å². The number of nitriles is 1. The van der Waals surface area contributed by atoms with Gasteiger partial charge >= 0.3 is 0 Å². The van der Waals surface area contributed by atoms with Gasteiger partial charge in [0.2, 0.25) is 0 Å². The zero-order chi connectivity index (χ0) is 12.7. The number of nitrogens with zero attached hydrogens (tertiary/aromatic N) is 1. The van der Waals surface area contributed by atoms with Gasteiger partial charge in [-0.1, -0.05) is 6.92 Å². The highest BCUT2D eigenvalue weighted by Crippen LogP contribution is 2.11. The zero-order valence-electron chi connectivity index (χ0n) is 10.2. The molecule has 0 fully saturated rings. The first-order valence-corrected chi connectivity index (χ1v) is 6.82. The average molecular weight is 252 g/mol. The van der Waals surface area contributed by atoms with Gasteiger partial charge in [-0.2, -0.15) is 17.0 Å². The molecule has 92 valence electrons. The third-order valence-corrected chi connectivity index (χ3v) is 3.54. The quantitative estimate of drug-likeness (QED) is 0.845. The van der Waals surface area contributed by atoms with Crippen molar-refractivity contribution >= 4 is 11.8 Å². The largest absolute Gasteiger partial charge is 0.309 e. The predicted octanol–water partition coefficient (Wildman–Crippen LogP) is 2.93. The van der Waals surface area contributed by atoms with E-state index in [1.165, 1.54) is 18.2 Å². The van der Waals surface area contributed by atoms with Crippen LogP contribution in [0.3, 0.4) is 0 Å². The molecule has 1 N–H and O–H groups in total. The lowest BCUT2D eigenvalue weighted by atomic mass is 10.1. The number of benzene rings is 1. The standard InChI is InChI=1S/C13H17FN2S/c1-3-17-9-10(2)16-8-12-6-13(14)5-4-11(12)7-15/h4-6,10,16H,3,8-9H2,1-2H3. The number of hydrogen-bond acceptors (Lipinski definition) is 3. The van der Waals surface area contributed by atoms with Crippen molar-refractivity contribution in [3.8, 4) is 6.07 Å². The van der Waals surface area contributed by atoms with E-state index < -0.39 is 0 Å². The summed E-state index contributed by atoms with van der Waals surface area (Å²) in [5.41, 5.74) is 1.26. The van der Waals surface area contributed by atoms with Crippen molar-refractivity contribution < 1.29 is 4.39 Å². The molecule has 1 unspecified atom stereocenters. The summed E-state index contributed by atoms with van der Waals surface area (Å²) in [6.45, 7) is 4.75. The molecule has 1 atom stereocenters. The van der Waals surface area contributed by atoms with Crippen LogP contribution in [-0.2, 0) is 6.54 Å². The molecule has 0 radical (unpaired) electrons. The van der Waals surface area contributed by atoms with Gasteiger partial charge in [0, 0.05) is 18.3 Å². The minimum Gasteiger partial charge on any atom is -0.309 e. The topological polar surface area (TPSA) is 35.8 Å². The second-order valence-corrected chi connectivity index (χ2v) is 5.17. The summed E-state index contributed by atoms with van der Waals surface area (Å²) in [6, 6.07) is 6.70. The van der Waals surface area contributed by atoms with Gasteiger partial charge in [0.05, 0.1) is 11.6 Å². The van der Waals surface area contributed by atoms with Crippen molar-refractivity contribution in [1.82, 2.24) is 5.32 Å². The molecule has 0 saturated carbocycles. The fourth-order valence-electron chi connectivity index (χ4n) is 1.46. The maximum atomic E-state index is 13.1. The smallest absolute Gasteiger partial charge is 0.123 e. The Morgan fingerprint density at radius 1 is 1.53 bits per heavy atom. The van der Waals surface area contributed by atoms with Gasteiger partial charge in [0.1, 0.15) is 5.82 Å². The van der Waals surface area contributed by atoms with E-state index in [9.17, 15) is 4.39 Å². The minimum absolute atomic E-state index is 0.295. The Morgan fingerprint density at radius 2 is 2.29 bits per heavy atom. The third kappa shape index (κ3) is 4.76. The Labute approximate surface area is 106 Å². The van der Waals surface area contributed by atoms with E-state index in [1.807, 2.05) is 11.8 Å². The molecule has 0 spiro atoms. The van der Waals surface area contributed by atoms with Crippen LogP contribution in [-0.4, -0.2) is 17.5 Å². The Bertz CT molecular complexity index is 401. The molecule has 4 heteroatoms. The first-order valence-electron chi connectivity index (χ1n) is 5.67. The number of halogens is 1. The maximum absolute atomic E-state index is 13.1. The van der Waals surface area contributed by atoms with Gasteiger partial charge in [-0.15, -0.1) is 0 Å². The molecule has 0 aliphatic rings. The van der Waals surface area contributed by atoms with Crippen LogP contribution in [0.2, 0.25) is 0 Å². The Hall–Kier alpha value is -1.05. The highest BCUT2D eigenvalue weighted by molar-refractivity contribution is 7.99. The van der Waals surface area contributed by atoms with E-state index in [0.717, 1.165) is 17.1 Å². The molecule has 0 amide bonds. The zero-order valence-corrected chi connectivity index (χ0v) is 11.0. The number of rotatable bonds is 6. The summed E-state index contributed by atoms with van der Waals surface area (Å²) in [5.74, 6) is 1.82. The Kier molecular flexibility index (Phi) is 6.03. The van der Waals surface area contributed by atoms with Crippen LogP contribution in [0.25, 0.3) is 0 Å². The molecular formula is C13H17FN2S. The van der Waals surface area contributed by atoms with Crippen LogP contribution in [0, 0.1) is 17.1 Å². The van der Waals surface area contributed by atoms with Crippen molar-refractivity contribution in [3.05, 3.63) is 35.1 Å². The van der Waals surface area contributed by atoms with E-state index in [1.54, 1.807) is 0 Å². The molecule has 0 aromatic heterocycles. The molecule has 0 aliphatic heterocycles. The minimum atomic E-state index is -0.295. The van der Waals surface area contributed by atoms with Gasteiger partial charge in [-0.25, -0.2) is 4.39 Å². The predicted molar refractivity (Wildman–Crippen MR) is 70.4 cm³/mol. The van der Waals surface area contributed by atoms with Gasteiger partial charge in [0.15, 0.2) is 0 Å². The maximum Gasteiger partial charge on any atom is 0.123 e. The van der Waals surface area contributed by atoms with Crippen LogP contribution in [0.1, 0.15) is 25.0 Å². The monoisotopic (exact) mass is 252 g/mol. The summed E-state index contributed by atoms with van der Waals surface area (Å²) in [4.78, 5) is 0. The van der Waals surface area contributed by atoms with Gasteiger partial charge < -0.3 is 5.32 Å². The highest BCUT2D eigenvalue weighted by Gasteiger charge is 2.06. The molecule has 0 aliphatic carbocycles. The SMILES string of the molecule is CCSCC(C)NCc1cc(F)ccc1C#N. The van der Waals surface area contributed by atoms with Crippen molar-refractivity contribution in [2.24, 2.45) is 0 Å². The van der Waals surface area contributed by atoms with Crippen LogP contribution in [0.4, 0.5) is 4.39 Å². The van der Waals surface area contributed by atoms with Crippen LogP contribution in [0.5, 0.6) is 0 Å². The normalized spacial score (nSPS) is 12.1. The number of hydrogen-bond donors (Lipinski definition) is 1. The van der Waals surface area contributed by atoms with Gasteiger partial charge in [-0.3, -0.25) is 0 Å². The van der Waals surface area contributed by atoms with E-state index in [4.69, 9.17) is 5.26 Å². The van der Waals surface area contributed by atoms with Crippen molar-refractivity contribution in [2.45, 2.75) is 26.4 Å². The second-order valence-electron chi connectivity index (χ2n) is 3.85. The number of nitrogens with one attached hydrogen (secondary N) is 1. The van der Waals surface area contributed by atoms with Crippen LogP contribution in [0.15, 0.2) is 18.2 Å². The number of thioether (sulfide) groups is 1. The first kappa shape index (κ1) is 14.0. The molecule has 17 heavy (non-hydrogen) atoms. The molecule has 0 saturated heterocycles. The lowest BCUT2D eigenvalue weighted by molar-refractivity contribution is 0.586. The molecule has 2 nitrogen and oxygen atoms in total. The van der Waals surface area contributed by atoms with Crippen LogP contribution >= 0.6 is 11.8 Å². The molecular weight excluding hydrogens is 235 g/mol. The Morgan fingerprint density at radius 3 is 2.94 bits per heavy atom. The highest BCUT2D eigenvalue weighted by atomic mass is 32.2. The summed E-state index contributed by atoms with van der Waals surface area (Å²) >= 11 is 1.86. The summed E-state index contributed by atoms with van der Waals surface area (Å²) < 4.78 is 13.1. The molecule has 0 bridgehead atoms. The third-order valence-electron chi connectivity index (χ3n) is 2.40. The van der Waals surface area contributed by atoms with E-state index >= 15 is 0 Å². The summed E-state index contributed by atoms with van der Waals surface area (Å²) in [5, 5.41) is 12.2. The molecule has 1 rings (SSSR count). The first-order chi connectivity index (χ1) is 8.17. The summed E-state index contributed by atoms with van der Waals surface area (Å²) in [7, 11) is 0. The van der Waals surface area contributed by atoms with Crippen molar-refractivity contribution in [2.75, 3.05) is 11.5 Å². The Balaban J connectivity index is 2.56. The van der Waals surface area contributed by atoms with Crippen molar-refractivity contribution in [3.63, 3.8) is 0 Å². The molecule has 1 aromatic carbocycles. The second kappa shape index (κ2) is 7.31. The average Bonchev–Trinajstić information content (AvgIpc) is 2.34. The fourth-order valence-corrected chi connectivity index (χ4v) is 2.16. The molecule has 1 aromatic rings. The van der Waals surface area contributed by atoms with E-state index in [0.29, 0.717) is 18.2 Å². The molecule has 0 heterocycles. The van der Waals surface area contributed by atoms with Crippen LogP contribution < -0.4 is 5.32 Å². The lowest BCUT2D eigenvalue weighted by Crippen LogP contribution is -2.28. The summed E-state index contributed by atoms with van der Waals surface area (Å²) in [6.07, 6.45) is 0. The van der Waals surface area contributed by atoms with Gasteiger partial charge in [0.25, 0.3) is 0 Å². The van der Waals surface area contributed by atoms with Crippen molar-refractivity contribution in [1.29, 1.82) is 5.26 Å². The van der Waals surface area contributed by atoms with Gasteiger partial charge in [-0.05, 0) is 36.4 Å². The fraction of sp³-hybridized carbons (Fsp3) is 0.462. The lowest BCUT2D eigenvalue weighted by Gasteiger charge is -2.13.